The minimum absolute atomic E-state index is 0.0372. The second kappa shape index (κ2) is 5.24. The molecule has 1 aliphatic heterocycles. The van der Waals surface area contributed by atoms with Gasteiger partial charge < -0.3 is 9.84 Å². The van der Waals surface area contributed by atoms with Crippen LogP contribution in [0.15, 0.2) is 48.5 Å². The standard InChI is InChI=1S/C16H15ClO2/c17-12-5-3-4-11(8-12)9-15(18)14-10-19-16-7-2-1-6-13(14)16/h1-8,14-15,18H,9-10H2. The predicted molar refractivity (Wildman–Crippen MR) is 75.8 cm³/mol. The van der Waals surface area contributed by atoms with Crippen LogP contribution in [0.2, 0.25) is 5.02 Å². The number of para-hydroxylation sites is 1. The van der Waals surface area contributed by atoms with Gasteiger partial charge in [0.25, 0.3) is 0 Å². The minimum atomic E-state index is -0.456. The van der Waals surface area contributed by atoms with E-state index in [1.807, 2.05) is 48.5 Å². The number of aliphatic hydroxyl groups excluding tert-OH is 1. The molecule has 2 nitrogen and oxygen atoms in total. The van der Waals surface area contributed by atoms with Crippen molar-refractivity contribution >= 4 is 11.6 Å². The van der Waals surface area contributed by atoms with Gasteiger partial charge in [-0.2, -0.15) is 0 Å². The van der Waals surface area contributed by atoms with Gasteiger partial charge in [0.15, 0.2) is 0 Å². The van der Waals surface area contributed by atoms with Crippen LogP contribution < -0.4 is 4.74 Å². The van der Waals surface area contributed by atoms with Gasteiger partial charge in [-0.1, -0.05) is 41.9 Å². The molecule has 98 valence electrons. The molecule has 0 aromatic heterocycles. The number of hydrogen-bond donors (Lipinski definition) is 1. The fourth-order valence-corrected chi connectivity index (χ4v) is 2.77. The second-order valence-electron chi connectivity index (χ2n) is 4.86. The zero-order chi connectivity index (χ0) is 13.2. The Bertz CT molecular complexity index is 582. The maximum atomic E-state index is 10.4. The van der Waals surface area contributed by atoms with Crippen LogP contribution >= 0.6 is 11.6 Å². The number of hydrogen-bond acceptors (Lipinski definition) is 2. The lowest BCUT2D eigenvalue weighted by Gasteiger charge is -2.17. The van der Waals surface area contributed by atoms with E-state index < -0.39 is 6.10 Å². The lowest BCUT2D eigenvalue weighted by atomic mass is 9.91. The number of ether oxygens (including phenoxy) is 1. The van der Waals surface area contributed by atoms with E-state index in [1.165, 1.54) is 0 Å². The highest BCUT2D eigenvalue weighted by atomic mass is 35.5. The summed E-state index contributed by atoms with van der Waals surface area (Å²) in [5, 5.41) is 11.1. The van der Waals surface area contributed by atoms with Crippen molar-refractivity contribution < 1.29 is 9.84 Å². The Hall–Kier alpha value is -1.51. The molecule has 0 amide bonds. The third-order valence-corrected chi connectivity index (χ3v) is 3.77. The van der Waals surface area contributed by atoms with Gasteiger partial charge >= 0.3 is 0 Å². The molecule has 1 N–H and O–H groups in total. The van der Waals surface area contributed by atoms with Crippen LogP contribution in [0.3, 0.4) is 0 Å². The van der Waals surface area contributed by atoms with Crippen molar-refractivity contribution in [2.24, 2.45) is 0 Å². The van der Waals surface area contributed by atoms with Crippen molar-refractivity contribution in [3.05, 3.63) is 64.7 Å². The van der Waals surface area contributed by atoms with Gasteiger partial charge in [0.05, 0.1) is 12.7 Å². The molecule has 0 radical (unpaired) electrons. The Kier molecular flexibility index (Phi) is 3.45. The summed E-state index contributed by atoms with van der Waals surface area (Å²) in [7, 11) is 0. The maximum Gasteiger partial charge on any atom is 0.123 e. The van der Waals surface area contributed by atoms with Crippen LogP contribution in [0.5, 0.6) is 5.75 Å². The van der Waals surface area contributed by atoms with Gasteiger partial charge in [-0.25, -0.2) is 0 Å². The van der Waals surface area contributed by atoms with Crippen LogP contribution in [0.4, 0.5) is 0 Å². The van der Waals surface area contributed by atoms with Crippen LogP contribution in [0.25, 0.3) is 0 Å². The normalized spacial score (nSPS) is 18.7. The molecule has 2 aromatic rings. The van der Waals surface area contributed by atoms with Crippen LogP contribution in [-0.4, -0.2) is 17.8 Å². The average Bonchev–Trinajstić information content (AvgIpc) is 2.82. The molecule has 0 spiro atoms. The molecule has 1 heterocycles. The zero-order valence-electron chi connectivity index (χ0n) is 10.4. The molecule has 19 heavy (non-hydrogen) atoms. The first-order chi connectivity index (χ1) is 9.24. The van der Waals surface area contributed by atoms with E-state index in [1.54, 1.807) is 0 Å². The SMILES string of the molecule is OC(Cc1cccc(Cl)c1)C1COc2ccccc21. The quantitative estimate of drug-likeness (QED) is 0.929. The Morgan fingerprint density at radius 1 is 1.21 bits per heavy atom. The summed E-state index contributed by atoms with van der Waals surface area (Å²) >= 11 is 5.96. The summed E-state index contributed by atoms with van der Waals surface area (Å²) in [6.45, 7) is 0.543. The van der Waals surface area contributed by atoms with Crippen molar-refractivity contribution in [3.8, 4) is 5.75 Å². The number of fused-ring (bicyclic) bond motifs is 1. The first kappa shape index (κ1) is 12.5. The Morgan fingerprint density at radius 3 is 2.89 bits per heavy atom. The zero-order valence-corrected chi connectivity index (χ0v) is 11.2. The number of benzene rings is 2. The van der Waals surface area contributed by atoms with E-state index in [-0.39, 0.29) is 5.92 Å². The van der Waals surface area contributed by atoms with Gasteiger partial charge in [0.2, 0.25) is 0 Å². The van der Waals surface area contributed by atoms with E-state index in [2.05, 4.69) is 0 Å². The smallest absolute Gasteiger partial charge is 0.123 e. The molecule has 1 aliphatic rings. The molecular formula is C16H15ClO2. The summed E-state index contributed by atoms with van der Waals surface area (Å²) < 4.78 is 5.61. The van der Waals surface area contributed by atoms with Crippen LogP contribution in [-0.2, 0) is 6.42 Å². The highest BCUT2D eigenvalue weighted by molar-refractivity contribution is 6.30. The molecule has 3 heteroatoms. The van der Waals surface area contributed by atoms with E-state index >= 15 is 0 Å². The molecule has 0 saturated heterocycles. The van der Waals surface area contributed by atoms with Crippen molar-refractivity contribution in [1.82, 2.24) is 0 Å². The van der Waals surface area contributed by atoms with E-state index in [0.29, 0.717) is 18.1 Å². The molecule has 0 saturated carbocycles. The molecule has 2 unspecified atom stereocenters. The number of rotatable bonds is 3. The van der Waals surface area contributed by atoms with Crippen LogP contribution in [0, 0.1) is 0 Å². The van der Waals surface area contributed by atoms with Gasteiger partial charge in [-0.3, -0.25) is 0 Å². The average molecular weight is 275 g/mol. The maximum absolute atomic E-state index is 10.4. The fourth-order valence-electron chi connectivity index (χ4n) is 2.55. The van der Waals surface area contributed by atoms with Crippen LogP contribution in [0.1, 0.15) is 17.0 Å². The highest BCUT2D eigenvalue weighted by Crippen LogP contribution is 2.36. The van der Waals surface area contributed by atoms with Gasteiger partial charge in [-0.15, -0.1) is 0 Å². The monoisotopic (exact) mass is 274 g/mol. The third-order valence-electron chi connectivity index (χ3n) is 3.54. The molecular weight excluding hydrogens is 260 g/mol. The lowest BCUT2D eigenvalue weighted by Crippen LogP contribution is -2.22. The van der Waals surface area contributed by atoms with E-state index in [0.717, 1.165) is 16.9 Å². The summed E-state index contributed by atoms with van der Waals surface area (Å²) in [6, 6.07) is 15.5. The van der Waals surface area contributed by atoms with E-state index in [4.69, 9.17) is 16.3 Å². The summed E-state index contributed by atoms with van der Waals surface area (Å²) in [4.78, 5) is 0. The van der Waals surface area contributed by atoms with Gasteiger partial charge in [-0.05, 0) is 30.2 Å². The third kappa shape index (κ3) is 2.60. The number of aliphatic hydroxyl groups is 1. The lowest BCUT2D eigenvalue weighted by molar-refractivity contribution is 0.129. The Labute approximate surface area is 117 Å². The van der Waals surface area contributed by atoms with Crippen molar-refractivity contribution in [2.45, 2.75) is 18.4 Å². The largest absolute Gasteiger partial charge is 0.493 e. The van der Waals surface area contributed by atoms with Crippen molar-refractivity contribution in [3.63, 3.8) is 0 Å². The molecule has 2 aromatic carbocycles. The molecule has 0 fully saturated rings. The topological polar surface area (TPSA) is 29.5 Å². The summed E-state index contributed by atoms with van der Waals surface area (Å²) in [5.41, 5.74) is 2.14. The van der Waals surface area contributed by atoms with Gasteiger partial charge in [0, 0.05) is 16.5 Å². The van der Waals surface area contributed by atoms with E-state index in [9.17, 15) is 5.11 Å². The van der Waals surface area contributed by atoms with Crippen molar-refractivity contribution in [1.29, 1.82) is 0 Å². The summed E-state index contributed by atoms with van der Waals surface area (Å²) in [5.74, 6) is 0.924. The first-order valence-corrected chi connectivity index (χ1v) is 6.76. The Morgan fingerprint density at radius 2 is 2.05 bits per heavy atom. The Balaban J connectivity index is 1.77. The predicted octanol–water partition coefficient (Wildman–Crippen LogP) is 3.42. The molecule has 0 aliphatic carbocycles. The molecule has 3 rings (SSSR count). The molecule has 2 atom stereocenters. The summed E-state index contributed by atoms with van der Waals surface area (Å²) in [6.07, 6.45) is 0.130. The van der Waals surface area contributed by atoms with Crippen molar-refractivity contribution in [2.75, 3.05) is 6.61 Å². The first-order valence-electron chi connectivity index (χ1n) is 6.38. The highest BCUT2D eigenvalue weighted by Gasteiger charge is 2.29. The van der Waals surface area contributed by atoms with Gasteiger partial charge in [0.1, 0.15) is 5.75 Å². The molecule has 0 bridgehead atoms. The second-order valence-corrected chi connectivity index (χ2v) is 5.29. The number of halogens is 1. The minimum Gasteiger partial charge on any atom is -0.493 e. The fraction of sp³-hybridized carbons (Fsp3) is 0.250.